The van der Waals surface area contributed by atoms with Crippen molar-refractivity contribution in [3.63, 3.8) is 0 Å². The van der Waals surface area contributed by atoms with Gasteiger partial charge in [0.15, 0.2) is 5.11 Å². The van der Waals surface area contributed by atoms with Crippen LogP contribution in [0.3, 0.4) is 0 Å². The summed E-state index contributed by atoms with van der Waals surface area (Å²) in [5.74, 6) is -0.370. The van der Waals surface area contributed by atoms with Gasteiger partial charge in [0, 0.05) is 18.3 Å². The summed E-state index contributed by atoms with van der Waals surface area (Å²) >= 11 is 5.11. The number of anilines is 1. The molecule has 0 aromatic heterocycles. The lowest BCUT2D eigenvalue weighted by Gasteiger charge is -2.09. The highest BCUT2D eigenvalue weighted by molar-refractivity contribution is 7.89. The maximum absolute atomic E-state index is 12.0. The Morgan fingerprint density at radius 3 is 2.36 bits per heavy atom. The molecule has 3 N–H and O–H groups in total. The normalized spacial score (nSPS) is 11.2. The number of hydrogen-bond acceptors (Lipinski definition) is 4. The van der Waals surface area contributed by atoms with Crippen molar-refractivity contribution in [2.24, 2.45) is 0 Å². The van der Waals surface area contributed by atoms with E-state index in [4.69, 9.17) is 12.2 Å². The van der Waals surface area contributed by atoms with E-state index >= 15 is 0 Å². The number of hydrogen-bond donors (Lipinski definition) is 3. The average Bonchev–Trinajstić information content (AvgIpc) is 2.66. The maximum Gasteiger partial charge on any atom is 0.250 e. The first-order chi connectivity index (χ1) is 13.3. The summed E-state index contributed by atoms with van der Waals surface area (Å²) in [6.45, 7) is 5.61. The molecule has 146 valence electrons. The summed E-state index contributed by atoms with van der Waals surface area (Å²) in [4.78, 5) is 12.1. The topological polar surface area (TPSA) is 87.3 Å². The molecule has 0 unspecified atom stereocenters. The molecule has 6 nitrogen and oxygen atoms in total. The third kappa shape index (κ3) is 6.73. The van der Waals surface area contributed by atoms with Crippen LogP contribution in [0, 0.1) is 6.92 Å². The highest BCUT2D eigenvalue weighted by Crippen LogP contribution is 2.14. The lowest BCUT2D eigenvalue weighted by molar-refractivity contribution is -0.115. The number of carbonyl (C=O) groups is 1. The Morgan fingerprint density at radius 2 is 1.75 bits per heavy atom. The van der Waals surface area contributed by atoms with E-state index < -0.39 is 10.0 Å². The van der Waals surface area contributed by atoms with E-state index in [1.54, 1.807) is 18.2 Å². The van der Waals surface area contributed by atoms with Crippen molar-refractivity contribution < 1.29 is 13.2 Å². The van der Waals surface area contributed by atoms with Crippen LogP contribution >= 0.6 is 12.2 Å². The van der Waals surface area contributed by atoms with Crippen LogP contribution in [0.1, 0.15) is 11.1 Å². The maximum atomic E-state index is 12.0. The largest absolute Gasteiger partial charge is 0.332 e. The Labute approximate surface area is 170 Å². The molecule has 0 aliphatic heterocycles. The van der Waals surface area contributed by atoms with Gasteiger partial charge in [-0.2, -0.15) is 0 Å². The first-order valence-electron chi connectivity index (χ1n) is 8.37. The fourth-order valence-corrected chi connectivity index (χ4v) is 3.35. The van der Waals surface area contributed by atoms with E-state index in [2.05, 4.69) is 21.9 Å². The van der Waals surface area contributed by atoms with E-state index in [1.165, 1.54) is 24.3 Å². The Morgan fingerprint density at radius 1 is 1.11 bits per heavy atom. The molecule has 0 fully saturated rings. The standard InChI is InChI=1S/C20H21N3O3S2/c1-3-14-21-28(25,26)18-11-9-17(10-12-18)22-20(27)23-19(24)13-8-16-6-4-15(2)5-7-16/h3-13,21H,1,14H2,2H3,(H2,22,23,24,27). The minimum absolute atomic E-state index is 0.110. The molecule has 0 radical (unpaired) electrons. The molecule has 0 spiro atoms. The number of rotatable bonds is 7. The van der Waals surface area contributed by atoms with Crippen LogP contribution in [0.25, 0.3) is 6.08 Å². The second kappa shape index (κ2) is 9.93. The van der Waals surface area contributed by atoms with Crippen molar-refractivity contribution in [3.8, 4) is 0 Å². The first kappa shape index (κ1) is 21.5. The highest BCUT2D eigenvalue weighted by Gasteiger charge is 2.12. The number of amides is 1. The molecular formula is C20H21N3O3S2. The van der Waals surface area contributed by atoms with Crippen LogP contribution in [-0.2, 0) is 14.8 Å². The molecule has 0 aliphatic carbocycles. The van der Waals surface area contributed by atoms with Gasteiger partial charge in [0.2, 0.25) is 15.9 Å². The van der Waals surface area contributed by atoms with Gasteiger partial charge in [-0.15, -0.1) is 6.58 Å². The van der Waals surface area contributed by atoms with Crippen molar-refractivity contribution in [1.29, 1.82) is 0 Å². The van der Waals surface area contributed by atoms with E-state index in [0.717, 1.165) is 11.1 Å². The number of nitrogens with one attached hydrogen (secondary N) is 3. The SMILES string of the molecule is C=CCNS(=O)(=O)c1ccc(NC(=S)NC(=O)C=Cc2ccc(C)cc2)cc1. The molecule has 8 heteroatoms. The molecule has 1 amide bonds. The fraction of sp³-hybridized carbons (Fsp3) is 0.100. The molecular weight excluding hydrogens is 394 g/mol. The number of aryl methyl sites for hydroxylation is 1. The Kier molecular flexibility index (Phi) is 7.62. The molecule has 28 heavy (non-hydrogen) atoms. The van der Waals surface area contributed by atoms with Gasteiger partial charge in [-0.25, -0.2) is 13.1 Å². The van der Waals surface area contributed by atoms with Crippen LogP contribution in [0.15, 0.2) is 72.2 Å². The van der Waals surface area contributed by atoms with Gasteiger partial charge in [-0.1, -0.05) is 35.9 Å². The summed E-state index contributed by atoms with van der Waals surface area (Å²) in [7, 11) is -3.58. The molecule has 0 aliphatic rings. The highest BCUT2D eigenvalue weighted by atomic mass is 32.2. The molecule has 0 heterocycles. The summed E-state index contributed by atoms with van der Waals surface area (Å²) in [6, 6.07) is 13.7. The van der Waals surface area contributed by atoms with Gasteiger partial charge < -0.3 is 5.32 Å². The Balaban J connectivity index is 1.91. The average molecular weight is 416 g/mol. The van der Waals surface area contributed by atoms with E-state index in [-0.39, 0.29) is 22.5 Å². The van der Waals surface area contributed by atoms with Crippen molar-refractivity contribution in [2.75, 3.05) is 11.9 Å². The zero-order valence-corrected chi connectivity index (χ0v) is 16.9. The van der Waals surface area contributed by atoms with Gasteiger partial charge in [0.25, 0.3) is 0 Å². The second-order valence-corrected chi connectivity index (χ2v) is 8.03. The first-order valence-corrected chi connectivity index (χ1v) is 10.3. The smallest absolute Gasteiger partial charge is 0.250 e. The van der Waals surface area contributed by atoms with Gasteiger partial charge in [0.1, 0.15) is 0 Å². The van der Waals surface area contributed by atoms with E-state index in [9.17, 15) is 13.2 Å². The van der Waals surface area contributed by atoms with Crippen LogP contribution in [0.4, 0.5) is 5.69 Å². The summed E-state index contributed by atoms with van der Waals surface area (Å²) in [6.07, 6.45) is 4.54. The molecule has 0 bridgehead atoms. The van der Waals surface area contributed by atoms with Gasteiger partial charge in [0.05, 0.1) is 4.90 Å². The van der Waals surface area contributed by atoms with Gasteiger partial charge >= 0.3 is 0 Å². The number of thiocarbonyl (C=S) groups is 1. The number of carbonyl (C=O) groups excluding carboxylic acids is 1. The van der Waals surface area contributed by atoms with Crippen LogP contribution in [0.2, 0.25) is 0 Å². The molecule has 2 rings (SSSR count). The minimum atomic E-state index is -3.58. The summed E-state index contributed by atoms with van der Waals surface area (Å²) in [5, 5.41) is 5.48. The third-order valence-corrected chi connectivity index (χ3v) is 5.23. The Bertz CT molecular complexity index is 980. The van der Waals surface area contributed by atoms with Gasteiger partial charge in [-0.3, -0.25) is 10.1 Å². The molecule has 2 aromatic carbocycles. The fourth-order valence-electron chi connectivity index (χ4n) is 2.13. The van der Waals surface area contributed by atoms with Crippen molar-refractivity contribution >= 4 is 45.0 Å². The second-order valence-electron chi connectivity index (χ2n) is 5.85. The van der Waals surface area contributed by atoms with Crippen molar-refractivity contribution in [2.45, 2.75) is 11.8 Å². The van der Waals surface area contributed by atoms with Crippen LogP contribution in [0.5, 0.6) is 0 Å². The van der Waals surface area contributed by atoms with Crippen LogP contribution in [-0.4, -0.2) is 26.0 Å². The Hall–Kier alpha value is -2.81. The molecule has 2 aromatic rings. The van der Waals surface area contributed by atoms with E-state index in [0.29, 0.717) is 5.69 Å². The quantitative estimate of drug-likeness (QED) is 0.368. The minimum Gasteiger partial charge on any atom is -0.332 e. The summed E-state index contributed by atoms with van der Waals surface area (Å²) in [5.41, 5.74) is 2.60. The predicted molar refractivity (Wildman–Crippen MR) is 116 cm³/mol. The lowest BCUT2D eigenvalue weighted by atomic mass is 10.1. The zero-order chi connectivity index (χ0) is 20.6. The van der Waals surface area contributed by atoms with E-state index in [1.807, 2.05) is 31.2 Å². The number of benzene rings is 2. The van der Waals surface area contributed by atoms with Crippen molar-refractivity contribution in [1.82, 2.24) is 10.0 Å². The van der Waals surface area contributed by atoms with Crippen LogP contribution < -0.4 is 15.4 Å². The monoisotopic (exact) mass is 415 g/mol. The molecule has 0 saturated carbocycles. The molecule has 0 atom stereocenters. The third-order valence-electron chi connectivity index (χ3n) is 3.58. The number of sulfonamides is 1. The van der Waals surface area contributed by atoms with Gasteiger partial charge in [-0.05, 0) is 55.0 Å². The molecule has 0 saturated heterocycles. The lowest BCUT2D eigenvalue weighted by Crippen LogP contribution is -2.32. The van der Waals surface area contributed by atoms with Crippen molar-refractivity contribution in [3.05, 3.63) is 78.4 Å². The summed E-state index contributed by atoms with van der Waals surface area (Å²) < 4.78 is 26.4. The predicted octanol–water partition coefficient (Wildman–Crippen LogP) is 2.99. The zero-order valence-electron chi connectivity index (χ0n) is 15.3.